The van der Waals surface area contributed by atoms with Crippen molar-refractivity contribution in [1.82, 2.24) is 14.7 Å². The number of nitrogens with one attached hydrogen (secondary N) is 1. The van der Waals surface area contributed by atoms with Crippen molar-refractivity contribution in [2.45, 2.75) is 25.8 Å². The second-order valence-electron chi connectivity index (χ2n) is 7.19. The first-order valence-corrected chi connectivity index (χ1v) is 9.82. The normalized spacial score (nSPS) is 19.9. The van der Waals surface area contributed by atoms with Crippen molar-refractivity contribution in [3.8, 4) is 0 Å². The van der Waals surface area contributed by atoms with Crippen LogP contribution in [0.5, 0.6) is 0 Å². The summed E-state index contributed by atoms with van der Waals surface area (Å²) in [5.41, 5.74) is 0.407. The molecule has 2 amide bonds. The van der Waals surface area contributed by atoms with Crippen molar-refractivity contribution in [2.75, 3.05) is 51.1 Å². The van der Waals surface area contributed by atoms with E-state index in [1.807, 2.05) is 11.8 Å². The smallest absolute Gasteiger partial charge is 0.241 e. The lowest BCUT2D eigenvalue weighted by Gasteiger charge is -2.37. The number of rotatable bonds is 5. The fourth-order valence-corrected chi connectivity index (χ4v) is 3.77. The summed E-state index contributed by atoms with van der Waals surface area (Å²) >= 11 is 5.97. The molecule has 0 bridgehead atoms. The molecular weight excluding hydrogens is 371 g/mol. The van der Waals surface area contributed by atoms with Gasteiger partial charge in [0, 0.05) is 39.3 Å². The topological polar surface area (TPSA) is 55.9 Å². The SMILES string of the molecule is CC(C(=O)Nc1ccc(F)cc1Cl)N1CCN(CC(=O)N2CCCC2)CC1. The number of anilines is 1. The van der Waals surface area contributed by atoms with Crippen LogP contribution in [-0.2, 0) is 9.59 Å². The van der Waals surface area contributed by atoms with Crippen LogP contribution in [0.2, 0.25) is 5.02 Å². The van der Waals surface area contributed by atoms with Gasteiger partial charge in [-0.1, -0.05) is 11.6 Å². The van der Waals surface area contributed by atoms with Gasteiger partial charge in [0.1, 0.15) is 5.82 Å². The highest BCUT2D eigenvalue weighted by Crippen LogP contribution is 2.23. The Morgan fingerprint density at radius 3 is 2.44 bits per heavy atom. The molecule has 2 fully saturated rings. The average Bonchev–Trinajstić information content (AvgIpc) is 3.19. The average molecular weight is 397 g/mol. The van der Waals surface area contributed by atoms with Crippen LogP contribution in [-0.4, -0.2) is 78.4 Å². The molecule has 0 aliphatic carbocycles. The van der Waals surface area contributed by atoms with E-state index in [1.165, 1.54) is 18.2 Å². The summed E-state index contributed by atoms with van der Waals surface area (Å²) in [5, 5.41) is 2.94. The number of piperazine rings is 1. The Morgan fingerprint density at radius 1 is 1.15 bits per heavy atom. The van der Waals surface area contributed by atoms with E-state index in [4.69, 9.17) is 11.6 Å². The van der Waals surface area contributed by atoms with Gasteiger partial charge in [0.15, 0.2) is 0 Å². The second kappa shape index (κ2) is 8.99. The van der Waals surface area contributed by atoms with Crippen LogP contribution in [0.3, 0.4) is 0 Å². The lowest BCUT2D eigenvalue weighted by atomic mass is 10.2. The van der Waals surface area contributed by atoms with Crippen molar-refractivity contribution in [1.29, 1.82) is 0 Å². The molecule has 3 rings (SSSR count). The summed E-state index contributed by atoms with van der Waals surface area (Å²) in [6.07, 6.45) is 2.20. The van der Waals surface area contributed by atoms with E-state index >= 15 is 0 Å². The Labute approximate surface area is 164 Å². The summed E-state index contributed by atoms with van der Waals surface area (Å²) in [6, 6.07) is 3.58. The van der Waals surface area contributed by atoms with Crippen molar-refractivity contribution >= 4 is 29.1 Å². The van der Waals surface area contributed by atoms with Crippen molar-refractivity contribution in [3.05, 3.63) is 29.0 Å². The Bertz CT molecular complexity index is 688. The van der Waals surface area contributed by atoms with Gasteiger partial charge in [0.25, 0.3) is 0 Å². The molecule has 2 aliphatic heterocycles. The van der Waals surface area contributed by atoms with Crippen LogP contribution in [0, 0.1) is 5.82 Å². The Morgan fingerprint density at radius 2 is 1.81 bits per heavy atom. The first-order valence-electron chi connectivity index (χ1n) is 9.44. The summed E-state index contributed by atoms with van der Waals surface area (Å²) in [4.78, 5) is 30.9. The largest absolute Gasteiger partial charge is 0.342 e. The number of halogens is 2. The summed E-state index contributed by atoms with van der Waals surface area (Å²) in [6.45, 7) is 7.02. The van der Waals surface area contributed by atoms with E-state index in [9.17, 15) is 14.0 Å². The molecule has 1 unspecified atom stereocenters. The first-order chi connectivity index (χ1) is 12.9. The molecule has 6 nitrogen and oxygen atoms in total. The molecule has 0 spiro atoms. The first kappa shape index (κ1) is 20.0. The van der Waals surface area contributed by atoms with Gasteiger partial charge in [-0.05, 0) is 38.0 Å². The number of amides is 2. The van der Waals surface area contributed by atoms with Crippen LogP contribution in [0.15, 0.2) is 18.2 Å². The van der Waals surface area contributed by atoms with E-state index in [1.54, 1.807) is 0 Å². The van der Waals surface area contributed by atoms with Crippen LogP contribution in [0.1, 0.15) is 19.8 Å². The maximum absolute atomic E-state index is 13.1. The lowest BCUT2D eigenvalue weighted by Crippen LogP contribution is -2.54. The number of nitrogens with zero attached hydrogens (tertiary/aromatic N) is 3. The van der Waals surface area contributed by atoms with Gasteiger partial charge < -0.3 is 10.2 Å². The minimum Gasteiger partial charge on any atom is -0.342 e. The van der Waals surface area contributed by atoms with Gasteiger partial charge in [0.05, 0.1) is 23.3 Å². The second-order valence-corrected chi connectivity index (χ2v) is 7.60. The predicted octanol–water partition coefficient (Wildman–Crippen LogP) is 2.05. The molecule has 0 saturated carbocycles. The van der Waals surface area contributed by atoms with Gasteiger partial charge in [-0.25, -0.2) is 4.39 Å². The van der Waals surface area contributed by atoms with E-state index in [2.05, 4.69) is 15.1 Å². The van der Waals surface area contributed by atoms with Crippen molar-refractivity contribution in [3.63, 3.8) is 0 Å². The molecular formula is C19H26ClFN4O2. The Kier molecular flexibility index (Phi) is 6.68. The van der Waals surface area contributed by atoms with Gasteiger partial charge in [-0.15, -0.1) is 0 Å². The van der Waals surface area contributed by atoms with Crippen LogP contribution < -0.4 is 5.32 Å². The highest BCUT2D eigenvalue weighted by molar-refractivity contribution is 6.33. The number of hydrogen-bond donors (Lipinski definition) is 1. The molecule has 1 aromatic rings. The summed E-state index contributed by atoms with van der Waals surface area (Å²) in [5.74, 6) is -0.409. The van der Waals surface area contributed by atoms with Gasteiger partial charge >= 0.3 is 0 Å². The van der Waals surface area contributed by atoms with E-state index < -0.39 is 5.82 Å². The number of carbonyl (C=O) groups is 2. The standard InChI is InChI=1S/C19H26ClFN4O2/c1-14(19(27)22-17-5-4-15(21)12-16(17)20)24-10-8-23(9-11-24)13-18(26)25-6-2-3-7-25/h4-5,12,14H,2-3,6-11,13H2,1H3,(H,22,27). The van der Waals surface area contributed by atoms with Gasteiger partial charge in [0.2, 0.25) is 11.8 Å². The third kappa shape index (κ3) is 5.18. The van der Waals surface area contributed by atoms with Gasteiger partial charge in [-0.2, -0.15) is 0 Å². The predicted molar refractivity (Wildman–Crippen MR) is 103 cm³/mol. The number of hydrogen-bond acceptors (Lipinski definition) is 4. The molecule has 1 aromatic carbocycles. The zero-order chi connectivity index (χ0) is 19.4. The highest BCUT2D eigenvalue weighted by Gasteiger charge is 2.28. The fourth-order valence-electron chi connectivity index (χ4n) is 3.56. The third-order valence-corrected chi connectivity index (χ3v) is 5.65. The third-order valence-electron chi connectivity index (χ3n) is 5.34. The maximum atomic E-state index is 13.1. The maximum Gasteiger partial charge on any atom is 0.241 e. The monoisotopic (exact) mass is 396 g/mol. The van der Waals surface area contributed by atoms with E-state index in [-0.39, 0.29) is 22.9 Å². The number of carbonyl (C=O) groups excluding carboxylic acids is 2. The number of benzene rings is 1. The quantitative estimate of drug-likeness (QED) is 0.827. The molecule has 2 aliphatic rings. The Hall–Kier alpha value is -1.70. The molecule has 1 N–H and O–H groups in total. The molecule has 2 saturated heterocycles. The van der Waals surface area contributed by atoms with Crippen molar-refractivity contribution < 1.29 is 14.0 Å². The highest BCUT2D eigenvalue weighted by atomic mass is 35.5. The Balaban J connectivity index is 1.46. The molecule has 1 atom stereocenters. The van der Waals surface area contributed by atoms with Crippen LogP contribution >= 0.6 is 11.6 Å². The molecule has 0 radical (unpaired) electrons. The summed E-state index contributed by atoms with van der Waals surface area (Å²) < 4.78 is 13.1. The van der Waals surface area contributed by atoms with Crippen LogP contribution in [0.25, 0.3) is 0 Å². The zero-order valence-corrected chi connectivity index (χ0v) is 16.3. The molecule has 8 heteroatoms. The van der Waals surface area contributed by atoms with E-state index in [0.29, 0.717) is 12.2 Å². The van der Waals surface area contributed by atoms with Crippen LogP contribution in [0.4, 0.5) is 10.1 Å². The summed E-state index contributed by atoms with van der Waals surface area (Å²) in [7, 11) is 0. The van der Waals surface area contributed by atoms with Gasteiger partial charge in [-0.3, -0.25) is 19.4 Å². The minimum absolute atomic E-state index is 0.176. The van der Waals surface area contributed by atoms with E-state index in [0.717, 1.165) is 52.1 Å². The van der Waals surface area contributed by atoms with Crippen molar-refractivity contribution in [2.24, 2.45) is 0 Å². The minimum atomic E-state index is -0.439. The number of likely N-dealkylation sites (tertiary alicyclic amines) is 1. The fraction of sp³-hybridized carbons (Fsp3) is 0.579. The molecule has 0 aromatic heterocycles. The zero-order valence-electron chi connectivity index (χ0n) is 15.6. The molecule has 148 valence electrons. The lowest BCUT2D eigenvalue weighted by molar-refractivity contribution is -0.132. The molecule has 27 heavy (non-hydrogen) atoms. The molecule has 2 heterocycles.